The maximum absolute atomic E-state index is 8.96. The fourth-order valence-electron chi connectivity index (χ4n) is 2.17. The molecule has 0 aliphatic carbocycles. The Morgan fingerprint density at radius 1 is 1.25 bits per heavy atom. The van der Waals surface area contributed by atoms with Gasteiger partial charge in [-0.1, -0.05) is 6.58 Å². The number of quaternary nitrogens is 1. The van der Waals surface area contributed by atoms with Crippen LogP contribution in [0.1, 0.15) is 19.3 Å². The van der Waals surface area contributed by atoms with E-state index in [9.17, 15) is 0 Å². The van der Waals surface area contributed by atoms with Gasteiger partial charge in [0.25, 0.3) is 0 Å². The molecular weight excluding hydrogens is 150 g/mol. The van der Waals surface area contributed by atoms with Crippen LogP contribution >= 0.6 is 0 Å². The molecule has 70 valence electrons. The third kappa shape index (κ3) is 2.32. The first-order chi connectivity index (χ1) is 5.83. The molecule has 1 rings (SSSR count). The van der Waals surface area contributed by atoms with E-state index in [1.807, 2.05) is 6.08 Å². The van der Waals surface area contributed by atoms with Gasteiger partial charge in [-0.3, -0.25) is 0 Å². The van der Waals surface area contributed by atoms with Crippen molar-refractivity contribution >= 4 is 0 Å². The highest BCUT2D eigenvalue weighted by molar-refractivity contribution is 4.68. The molecule has 0 aromatic carbocycles. The Hall–Kier alpha value is -0.340. The molecule has 1 aliphatic heterocycles. The smallest absolute Gasteiger partial charge is 0.102 e. The molecule has 0 radical (unpaired) electrons. The van der Waals surface area contributed by atoms with Gasteiger partial charge >= 0.3 is 0 Å². The van der Waals surface area contributed by atoms with E-state index in [1.165, 1.54) is 32.4 Å². The summed E-state index contributed by atoms with van der Waals surface area (Å²) in [6.07, 6.45) is 5.98. The van der Waals surface area contributed by atoms with E-state index in [0.29, 0.717) is 6.61 Å². The van der Waals surface area contributed by atoms with Crippen LogP contribution in [-0.2, 0) is 0 Å². The normalized spacial score (nSPS) is 22.1. The number of likely N-dealkylation sites (tertiary alicyclic amines) is 1. The number of nitrogens with zero attached hydrogens (tertiary/aromatic N) is 1. The minimum Gasteiger partial charge on any atom is -0.391 e. The number of hydrogen-bond donors (Lipinski definition) is 1. The Kier molecular flexibility index (Phi) is 3.76. The number of hydrogen-bond acceptors (Lipinski definition) is 1. The van der Waals surface area contributed by atoms with E-state index >= 15 is 0 Å². The second kappa shape index (κ2) is 4.63. The average Bonchev–Trinajstić information content (AvgIpc) is 2.07. The Morgan fingerprint density at radius 2 is 1.92 bits per heavy atom. The number of rotatable bonds is 4. The Bertz CT molecular complexity index is 133. The number of piperidine rings is 1. The van der Waals surface area contributed by atoms with Crippen LogP contribution in [-0.4, -0.2) is 42.4 Å². The molecule has 12 heavy (non-hydrogen) atoms. The van der Waals surface area contributed by atoms with E-state index < -0.39 is 0 Å². The molecule has 0 bridgehead atoms. The molecule has 1 saturated heterocycles. The topological polar surface area (TPSA) is 20.2 Å². The predicted octanol–water partition coefficient (Wildman–Crippen LogP) is 1.17. The van der Waals surface area contributed by atoms with Crippen molar-refractivity contribution in [3.63, 3.8) is 0 Å². The zero-order valence-corrected chi connectivity index (χ0v) is 7.84. The zero-order chi connectivity index (χ0) is 8.86. The van der Waals surface area contributed by atoms with Gasteiger partial charge in [-0.15, -0.1) is 0 Å². The molecule has 0 saturated carbocycles. The first kappa shape index (κ1) is 9.75. The molecule has 0 aromatic rings. The standard InChI is InChI=1S/C10H20NO/c1-2-6-11(9-10-12)7-4-3-5-8-11/h2,12H,1,3-10H2/q+1. The molecule has 1 aliphatic rings. The fourth-order valence-corrected chi connectivity index (χ4v) is 2.17. The lowest BCUT2D eigenvalue weighted by molar-refractivity contribution is -0.927. The van der Waals surface area contributed by atoms with Crippen molar-refractivity contribution in [2.45, 2.75) is 19.3 Å². The van der Waals surface area contributed by atoms with Crippen molar-refractivity contribution in [3.8, 4) is 0 Å². The van der Waals surface area contributed by atoms with Crippen LogP contribution in [0.4, 0.5) is 0 Å². The van der Waals surface area contributed by atoms with Crippen molar-refractivity contribution in [1.29, 1.82) is 0 Å². The second-order valence-electron chi connectivity index (χ2n) is 3.77. The molecule has 1 N–H and O–H groups in total. The summed E-state index contributed by atoms with van der Waals surface area (Å²) in [7, 11) is 0. The van der Waals surface area contributed by atoms with Gasteiger partial charge in [-0.25, -0.2) is 0 Å². The van der Waals surface area contributed by atoms with Gasteiger partial charge in [-0.05, 0) is 25.3 Å². The minimum atomic E-state index is 0.313. The third-order valence-electron chi connectivity index (χ3n) is 2.86. The van der Waals surface area contributed by atoms with E-state index in [1.54, 1.807) is 0 Å². The SMILES string of the molecule is C=CC[N+]1(CCO)CCCCC1. The summed E-state index contributed by atoms with van der Waals surface area (Å²) in [5.74, 6) is 0. The highest BCUT2D eigenvalue weighted by Gasteiger charge is 2.27. The molecule has 0 unspecified atom stereocenters. The van der Waals surface area contributed by atoms with Gasteiger partial charge < -0.3 is 9.59 Å². The Labute approximate surface area is 75.1 Å². The summed E-state index contributed by atoms with van der Waals surface area (Å²) in [4.78, 5) is 0. The van der Waals surface area contributed by atoms with Gasteiger partial charge in [0.1, 0.15) is 6.54 Å². The summed E-state index contributed by atoms with van der Waals surface area (Å²) in [5, 5.41) is 8.96. The largest absolute Gasteiger partial charge is 0.391 e. The molecule has 0 amide bonds. The Morgan fingerprint density at radius 3 is 2.42 bits per heavy atom. The molecular formula is C10H20NO+. The lowest BCUT2D eigenvalue weighted by atomic mass is 10.1. The van der Waals surface area contributed by atoms with Crippen LogP contribution in [0.2, 0.25) is 0 Å². The highest BCUT2D eigenvalue weighted by Crippen LogP contribution is 2.18. The van der Waals surface area contributed by atoms with Crippen LogP contribution in [0.3, 0.4) is 0 Å². The molecule has 1 fully saturated rings. The van der Waals surface area contributed by atoms with Gasteiger partial charge in [0.05, 0.1) is 26.2 Å². The number of aliphatic hydroxyl groups excluding tert-OH is 1. The van der Waals surface area contributed by atoms with E-state index in [4.69, 9.17) is 5.11 Å². The van der Waals surface area contributed by atoms with Crippen molar-refractivity contribution in [2.75, 3.05) is 32.8 Å². The van der Waals surface area contributed by atoms with E-state index in [2.05, 4.69) is 6.58 Å². The minimum absolute atomic E-state index is 0.313. The summed E-state index contributed by atoms with van der Waals surface area (Å²) in [6, 6.07) is 0. The van der Waals surface area contributed by atoms with Gasteiger partial charge in [0, 0.05) is 0 Å². The van der Waals surface area contributed by atoms with Crippen LogP contribution in [0.5, 0.6) is 0 Å². The van der Waals surface area contributed by atoms with Crippen molar-refractivity contribution in [3.05, 3.63) is 12.7 Å². The van der Waals surface area contributed by atoms with Crippen LogP contribution in [0.25, 0.3) is 0 Å². The summed E-state index contributed by atoms with van der Waals surface area (Å²) in [6.45, 7) is 8.49. The maximum Gasteiger partial charge on any atom is 0.102 e. The van der Waals surface area contributed by atoms with Crippen LogP contribution in [0, 0.1) is 0 Å². The first-order valence-corrected chi connectivity index (χ1v) is 4.90. The highest BCUT2D eigenvalue weighted by atomic mass is 16.3. The van der Waals surface area contributed by atoms with Gasteiger partial charge in [-0.2, -0.15) is 0 Å². The molecule has 2 heteroatoms. The second-order valence-corrected chi connectivity index (χ2v) is 3.77. The van der Waals surface area contributed by atoms with Gasteiger partial charge in [0.2, 0.25) is 0 Å². The first-order valence-electron chi connectivity index (χ1n) is 4.90. The summed E-state index contributed by atoms with van der Waals surface area (Å²) < 4.78 is 1.07. The quantitative estimate of drug-likeness (QED) is 0.496. The van der Waals surface area contributed by atoms with Gasteiger partial charge in [0.15, 0.2) is 0 Å². The van der Waals surface area contributed by atoms with Crippen molar-refractivity contribution < 1.29 is 9.59 Å². The van der Waals surface area contributed by atoms with Crippen molar-refractivity contribution in [1.82, 2.24) is 0 Å². The molecule has 0 aromatic heterocycles. The summed E-state index contributed by atoms with van der Waals surface area (Å²) >= 11 is 0. The predicted molar refractivity (Wildman–Crippen MR) is 50.9 cm³/mol. The monoisotopic (exact) mass is 170 g/mol. The number of aliphatic hydroxyl groups is 1. The lowest BCUT2D eigenvalue weighted by Crippen LogP contribution is -2.53. The molecule has 0 spiro atoms. The lowest BCUT2D eigenvalue weighted by Gasteiger charge is -2.40. The average molecular weight is 170 g/mol. The maximum atomic E-state index is 8.96. The van der Waals surface area contributed by atoms with E-state index in [0.717, 1.165) is 17.6 Å². The fraction of sp³-hybridized carbons (Fsp3) is 0.800. The molecule has 2 nitrogen and oxygen atoms in total. The van der Waals surface area contributed by atoms with Crippen LogP contribution in [0.15, 0.2) is 12.7 Å². The third-order valence-corrected chi connectivity index (χ3v) is 2.86. The zero-order valence-electron chi connectivity index (χ0n) is 7.84. The van der Waals surface area contributed by atoms with Crippen LogP contribution < -0.4 is 0 Å². The molecule has 1 heterocycles. The Balaban J connectivity index is 2.49. The summed E-state index contributed by atoms with van der Waals surface area (Å²) in [5.41, 5.74) is 0. The molecule has 0 atom stereocenters. The van der Waals surface area contributed by atoms with E-state index in [-0.39, 0.29) is 0 Å². The van der Waals surface area contributed by atoms with Crippen molar-refractivity contribution in [2.24, 2.45) is 0 Å².